The third-order valence-corrected chi connectivity index (χ3v) is 7.29. The summed E-state index contributed by atoms with van der Waals surface area (Å²) in [6.07, 6.45) is 5.69. The quantitative estimate of drug-likeness (QED) is 0.123. The summed E-state index contributed by atoms with van der Waals surface area (Å²) in [5, 5.41) is 17.8. The van der Waals surface area contributed by atoms with E-state index < -0.39 is 0 Å². The minimum Gasteiger partial charge on any atom is -0.491 e. The van der Waals surface area contributed by atoms with E-state index in [9.17, 15) is 0 Å². The van der Waals surface area contributed by atoms with Crippen LogP contribution in [-0.2, 0) is 4.74 Å². The minimum atomic E-state index is 0.00163. The lowest BCUT2D eigenvalue weighted by atomic mass is 10.2. The molecule has 0 radical (unpaired) electrons. The largest absolute Gasteiger partial charge is 0.491 e. The average molecular weight is 669 g/mol. The second-order valence-electron chi connectivity index (χ2n) is 11.3. The summed E-state index contributed by atoms with van der Waals surface area (Å²) in [4.78, 5) is 9.28. The molecule has 4 aromatic heterocycles. The number of hydrogen-bond acceptors (Lipinski definition) is 10. The van der Waals surface area contributed by atoms with Crippen LogP contribution in [0.1, 0.15) is 37.8 Å². The van der Waals surface area contributed by atoms with Crippen molar-refractivity contribution in [1.29, 1.82) is 0 Å². The Bertz CT molecular complexity index is 1920. The highest BCUT2D eigenvalue weighted by Crippen LogP contribution is 2.25. The van der Waals surface area contributed by atoms with Gasteiger partial charge in [-0.2, -0.15) is 0 Å². The zero-order valence-electron chi connectivity index (χ0n) is 28.8. The third kappa shape index (κ3) is 9.24. The van der Waals surface area contributed by atoms with E-state index in [1.54, 1.807) is 16.1 Å². The molecule has 0 amide bonds. The summed E-state index contributed by atoms with van der Waals surface area (Å²) in [7, 11) is 1.66. The third-order valence-electron chi connectivity index (χ3n) is 7.29. The molecule has 6 rings (SSSR count). The molecule has 12 nitrogen and oxygen atoms in total. The molecule has 4 heterocycles. The molecule has 49 heavy (non-hydrogen) atoms. The van der Waals surface area contributed by atoms with Gasteiger partial charge in [0.25, 0.3) is 0 Å². The Hall–Kier alpha value is -5.20. The fourth-order valence-electron chi connectivity index (χ4n) is 4.80. The lowest BCUT2D eigenvalue weighted by Gasteiger charge is -2.06. The van der Waals surface area contributed by atoms with Gasteiger partial charge in [0.1, 0.15) is 24.7 Å². The van der Waals surface area contributed by atoms with Crippen LogP contribution in [0.4, 0.5) is 0 Å². The number of aliphatic hydroxyl groups is 1. The fourth-order valence-corrected chi connectivity index (χ4v) is 4.80. The fraction of sp³-hybridized carbons (Fsp3) is 0.351. The van der Waals surface area contributed by atoms with Crippen LogP contribution in [-0.4, -0.2) is 81.1 Å². The molecule has 258 valence electrons. The lowest BCUT2D eigenvalue weighted by Crippen LogP contribution is -2.03. The van der Waals surface area contributed by atoms with Crippen molar-refractivity contribution in [3.05, 3.63) is 84.2 Å². The van der Waals surface area contributed by atoms with Crippen LogP contribution in [0, 0.1) is 13.8 Å². The molecule has 0 bridgehead atoms. The number of fused-ring (bicyclic) bond motifs is 2. The summed E-state index contributed by atoms with van der Waals surface area (Å²) in [5.41, 5.74) is 7.24. The number of hydrogen-bond donors (Lipinski definition) is 1. The Morgan fingerprint density at radius 3 is 1.45 bits per heavy atom. The SMILES string of the molecule is CCCOc1nn2cc(-c3ccc(OCCO)cc3)nc2cc1C.CCCOc1nn2cc(-c3ccc(OCCOC)cc3)nc2cc1C. The van der Waals surface area contributed by atoms with Gasteiger partial charge >= 0.3 is 0 Å². The maximum absolute atomic E-state index is 8.78. The molecular formula is C37H44N6O6. The van der Waals surface area contributed by atoms with Crippen molar-refractivity contribution in [3.63, 3.8) is 0 Å². The molecule has 0 fully saturated rings. The van der Waals surface area contributed by atoms with Crippen LogP contribution in [0.2, 0.25) is 0 Å². The Kier molecular flexibility index (Phi) is 12.4. The first-order valence-electron chi connectivity index (χ1n) is 16.5. The van der Waals surface area contributed by atoms with E-state index in [-0.39, 0.29) is 13.2 Å². The van der Waals surface area contributed by atoms with Crippen molar-refractivity contribution in [2.45, 2.75) is 40.5 Å². The highest BCUT2D eigenvalue weighted by atomic mass is 16.5. The van der Waals surface area contributed by atoms with Gasteiger partial charge in [-0.1, -0.05) is 13.8 Å². The zero-order chi connectivity index (χ0) is 34.6. The molecule has 6 aromatic rings. The highest BCUT2D eigenvalue weighted by Gasteiger charge is 2.11. The van der Waals surface area contributed by atoms with E-state index >= 15 is 0 Å². The van der Waals surface area contributed by atoms with Gasteiger partial charge in [-0.15, -0.1) is 10.2 Å². The maximum Gasteiger partial charge on any atom is 0.234 e. The second kappa shape index (κ2) is 17.3. The van der Waals surface area contributed by atoms with E-state index in [1.807, 2.05) is 86.9 Å². The van der Waals surface area contributed by atoms with Crippen molar-refractivity contribution >= 4 is 11.3 Å². The second-order valence-corrected chi connectivity index (χ2v) is 11.3. The van der Waals surface area contributed by atoms with E-state index in [4.69, 9.17) is 28.8 Å². The summed E-state index contributed by atoms with van der Waals surface area (Å²) in [6.45, 7) is 10.8. The topological polar surface area (TPSA) is 127 Å². The number of imidazole rings is 2. The van der Waals surface area contributed by atoms with Gasteiger partial charge in [-0.25, -0.2) is 19.0 Å². The smallest absolute Gasteiger partial charge is 0.234 e. The first-order valence-corrected chi connectivity index (χ1v) is 16.5. The Balaban J connectivity index is 0.000000191. The van der Waals surface area contributed by atoms with E-state index in [0.717, 1.165) is 69.3 Å². The minimum absolute atomic E-state index is 0.00163. The lowest BCUT2D eigenvalue weighted by molar-refractivity contribution is 0.146. The Labute approximate surface area is 286 Å². The number of methoxy groups -OCH3 is 1. The summed E-state index contributed by atoms with van der Waals surface area (Å²) in [5.74, 6) is 2.83. The number of ether oxygens (including phenoxy) is 5. The number of nitrogens with zero attached hydrogens (tertiary/aromatic N) is 6. The van der Waals surface area contributed by atoms with Gasteiger partial charge in [0.15, 0.2) is 11.3 Å². The molecule has 0 spiro atoms. The van der Waals surface area contributed by atoms with Crippen LogP contribution in [0.3, 0.4) is 0 Å². The van der Waals surface area contributed by atoms with Gasteiger partial charge in [-0.3, -0.25) is 0 Å². The van der Waals surface area contributed by atoms with E-state index in [1.165, 1.54) is 0 Å². The van der Waals surface area contributed by atoms with Gasteiger partial charge < -0.3 is 28.8 Å². The molecule has 0 atom stereocenters. The molecule has 0 saturated carbocycles. The summed E-state index contributed by atoms with van der Waals surface area (Å²) in [6, 6.07) is 19.4. The Morgan fingerprint density at radius 1 is 0.592 bits per heavy atom. The van der Waals surface area contributed by atoms with Gasteiger partial charge in [0, 0.05) is 29.4 Å². The summed E-state index contributed by atoms with van der Waals surface area (Å²) >= 11 is 0. The van der Waals surface area contributed by atoms with Crippen molar-refractivity contribution in [1.82, 2.24) is 29.2 Å². The molecular weight excluding hydrogens is 624 g/mol. The molecule has 0 aliphatic heterocycles. The van der Waals surface area contributed by atoms with Crippen LogP contribution < -0.4 is 18.9 Å². The van der Waals surface area contributed by atoms with Gasteiger partial charge in [-0.05, 0) is 87.4 Å². The first-order chi connectivity index (χ1) is 23.9. The van der Waals surface area contributed by atoms with Crippen LogP contribution in [0.5, 0.6) is 23.3 Å². The van der Waals surface area contributed by atoms with Crippen LogP contribution in [0.25, 0.3) is 33.8 Å². The van der Waals surface area contributed by atoms with Crippen molar-refractivity contribution < 1.29 is 28.8 Å². The average Bonchev–Trinajstić information content (AvgIpc) is 3.73. The highest BCUT2D eigenvalue weighted by molar-refractivity contribution is 5.64. The van der Waals surface area contributed by atoms with Crippen LogP contribution >= 0.6 is 0 Å². The molecule has 12 heteroatoms. The molecule has 2 aromatic carbocycles. The number of rotatable bonds is 15. The standard InChI is InChI=1S/C19H23N3O3.C18H21N3O3/c1-4-9-25-19-14(2)12-18-20-17(13-22(18)21-19)15-5-7-16(8-6-15)24-11-10-23-3;1-3-9-24-18-13(2)11-17-19-16(12-21(17)20-18)14-4-6-15(7-5-14)23-10-8-22/h5-8,12-13H,4,9-11H2,1-3H3;4-7,11-12,22H,3,8-10H2,1-2H3. The first kappa shape index (κ1) is 35.1. The van der Waals surface area contributed by atoms with Gasteiger partial charge in [0.05, 0.1) is 50.2 Å². The monoisotopic (exact) mass is 668 g/mol. The summed E-state index contributed by atoms with van der Waals surface area (Å²) < 4.78 is 30.8. The molecule has 0 aliphatic rings. The van der Waals surface area contributed by atoms with Crippen molar-refractivity contribution in [3.8, 4) is 45.8 Å². The number of aliphatic hydroxyl groups excluding tert-OH is 1. The van der Waals surface area contributed by atoms with Crippen molar-refractivity contribution in [2.75, 3.05) is 46.8 Å². The molecule has 0 saturated heterocycles. The Morgan fingerprint density at radius 2 is 1.04 bits per heavy atom. The molecule has 0 unspecified atom stereocenters. The number of benzene rings is 2. The maximum atomic E-state index is 8.78. The van der Waals surface area contributed by atoms with Crippen LogP contribution in [0.15, 0.2) is 73.1 Å². The normalized spacial score (nSPS) is 11.0. The molecule has 0 aliphatic carbocycles. The zero-order valence-corrected chi connectivity index (χ0v) is 28.8. The van der Waals surface area contributed by atoms with E-state index in [0.29, 0.717) is 38.2 Å². The predicted octanol–water partition coefficient (Wildman–Crippen LogP) is 6.38. The van der Waals surface area contributed by atoms with Gasteiger partial charge in [0.2, 0.25) is 11.8 Å². The number of aromatic nitrogens is 6. The van der Waals surface area contributed by atoms with E-state index in [2.05, 4.69) is 34.0 Å². The number of aryl methyl sites for hydroxylation is 2. The van der Waals surface area contributed by atoms with Crippen molar-refractivity contribution in [2.24, 2.45) is 0 Å². The predicted molar refractivity (Wildman–Crippen MR) is 188 cm³/mol. The molecule has 1 N–H and O–H groups in total.